The van der Waals surface area contributed by atoms with Crippen LogP contribution >= 0.6 is 0 Å². The normalized spacial score (nSPS) is 39.5. The fraction of sp³-hybridized carbons (Fsp3) is 1.00. The van der Waals surface area contributed by atoms with Gasteiger partial charge in [0, 0.05) is 18.6 Å². The maximum absolute atomic E-state index is 3.67. The molecule has 4 atom stereocenters. The molecule has 0 bridgehead atoms. The van der Waals surface area contributed by atoms with Gasteiger partial charge in [0.15, 0.2) is 0 Å². The van der Waals surface area contributed by atoms with Crippen LogP contribution in [0.5, 0.6) is 0 Å². The number of likely N-dealkylation sites (N-methyl/N-ethyl adjacent to an activating group) is 1. The molecule has 0 aromatic rings. The molecule has 2 fully saturated rings. The quantitative estimate of drug-likeness (QED) is 0.813. The molecule has 1 saturated heterocycles. The maximum atomic E-state index is 3.67. The van der Waals surface area contributed by atoms with Crippen molar-refractivity contribution < 1.29 is 0 Å². The Hall–Kier alpha value is -0.0800. The van der Waals surface area contributed by atoms with Crippen LogP contribution in [0.3, 0.4) is 0 Å². The predicted molar refractivity (Wildman–Crippen MR) is 74.2 cm³/mol. The Balaban J connectivity index is 1.82. The van der Waals surface area contributed by atoms with Gasteiger partial charge in [-0.3, -0.25) is 0 Å². The smallest absolute Gasteiger partial charge is 0.0195 e. The van der Waals surface area contributed by atoms with E-state index in [1.807, 2.05) is 0 Å². The van der Waals surface area contributed by atoms with Crippen molar-refractivity contribution in [1.82, 2.24) is 10.2 Å². The Morgan fingerprint density at radius 3 is 2.65 bits per heavy atom. The van der Waals surface area contributed by atoms with E-state index in [-0.39, 0.29) is 0 Å². The van der Waals surface area contributed by atoms with Crippen LogP contribution in [0.4, 0.5) is 0 Å². The fourth-order valence-corrected chi connectivity index (χ4v) is 3.68. The second-order valence-corrected chi connectivity index (χ2v) is 6.55. The zero-order valence-corrected chi connectivity index (χ0v) is 11.9. The Kier molecular flexibility index (Phi) is 4.87. The number of hydrogen-bond donors (Lipinski definition) is 1. The second kappa shape index (κ2) is 6.19. The molecule has 1 N–H and O–H groups in total. The molecule has 0 spiro atoms. The largest absolute Gasteiger partial charge is 0.313 e. The van der Waals surface area contributed by atoms with E-state index in [1.165, 1.54) is 51.6 Å². The fourth-order valence-electron chi connectivity index (χ4n) is 3.68. The molecule has 1 heterocycles. The number of nitrogens with one attached hydrogen (secondary N) is 1. The molecule has 0 radical (unpaired) electrons. The monoisotopic (exact) mass is 238 g/mol. The number of rotatable bonds is 3. The highest BCUT2D eigenvalue weighted by Gasteiger charge is 2.29. The average Bonchev–Trinajstić information content (AvgIpc) is 2.33. The lowest BCUT2D eigenvalue weighted by Crippen LogP contribution is -2.48. The molecule has 0 aromatic heterocycles. The highest BCUT2D eigenvalue weighted by atomic mass is 15.2. The van der Waals surface area contributed by atoms with Gasteiger partial charge in [-0.1, -0.05) is 26.7 Å². The Bertz CT molecular complexity index is 223. The van der Waals surface area contributed by atoms with Gasteiger partial charge in [-0.2, -0.15) is 0 Å². The first-order valence-corrected chi connectivity index (χ1v) is 7.60. The minimum Gasteiger partial charge on any atom is -0.313 e. The lowest BCUT2D eigenvalue weighted by Gasteiger charge is -2.41. The van der Waals surface area contributed by atoms with Crippen molar-refractivity contribution in [3.05, 3.63) is 0 Å². The van der Waals surface area contributed by atoms with E-state index in [0.29, 0.717) is 0 Å². The van der Waals surface area contributed by atoms with Gasteiger partial charge in [0.2, 0.25) is 0 Å². The van der Waals surface area contributed by atoms with Crippen molar-refractivity contribution in [2.45, 2.75) is 64.5 Å². The molecule has 1 aliphatic carbocycles. The summed E-state index contributed by atoms with van der Waals surface area (Å²) in [5, 5.41) is 3.67. The highest BCUT2D eigenvalue weighted by molar-refractivity contribution is 4.85. The summed E-state index contributed by atoms with van der Waals surface area (Å²) in [4.78, 5) is 2.64. The van der Waals surface area contributed by atoms with Crippen molar-refractivity contribution in [2.24, 2.45) is 11.8 Å². The van der Waals surface area contributed by atoms with Crippen molar-refractivity contribution in [3.8, 4) is 0 Å². The van der Waals surface area contributed by atoms with Gasteiger partial charge >= 0.3 is 0 Å². The van der Waals surface area contributed by atoms with Crippen molar-refractivity contribution >= 4 is 0 Å². The summed E-state index contributed by atoms with van der Waals surface area (Å²) in [6, 6.07) is 1.57. The van der Waals surface area contributed by atoms with Gasteiger partial charge < -0.3 is 10.2 Å². The number of nitrogens with zero attached hydrogens (tertiary/aromatic N) is 1. The molecule has 17 heavy (non-hydrogen) atoms. The summed E-state index contributed by atoms with van der Waals surface area (Å²) in [6.07, 6.45) is 8.44. The van der Waals surface area contributed by atoms with Gasteiger partial charge in [-0.05, 0) is 51.1 Å². The minimum absolute atomic E-state index is 0.748. The molecule has 2 aliphatic rings. The summed E-state index contributed by atoms with van der Waals surface area (Å²) >= 11 is 0. The first-order valence-electron chi connectivity index (χ1n) is 7.60. The van der Waals surface area contributed by atoms with E-state index < -0.39 is 0 Å². The van der Waals surface area contributed by atoms with E-state index in [2.05, 4.69) is 31.1 Å². The lowest BCUT2D eigenvalue weighted by atomic mass is 9.79. The van der Waals surface area contributed by atoms with E-state index in [9.17, 15) is 0 Å². The van der Waals surface area contributed by atoms with Crippen LogP contribution < -0.4 is 5.32 Å². The highest BCUT2D eigenvalue weighted by Crippen LogP contribution is 2.31. The zero-order valence-electron chi connectivity index (χ0n) is 11.9. The topological polar surface area (TPSA) is 15.3 Å². The molecule has 4 unspecified atom stereocenters. The van der Waals surface area contributed by atoms with Gasteiger partial charge in [0.05, 0.1) is 0 Å². The van der Waals surface area contributed by atoms with Crippen molar-refractivity contribution in [2.75, 3.05) is 20.1 Å². The molecular formula is C15H30N2. The minimum atomic E-state index is 0.748. The third-order valence-corrected chi connectivity index (χ3v) is 4.90. The van der Waals surface area contributed by atoms with Gasteiger partial charge in [-0.15, -0.1) is 0 Å². The Morgan fingerprint density at radius 1 is 1.12 bits per heavy atom. The molecule has 2 rings (SSSR count). The van der Waals surface area contributed by atoms with E-state index in [4.69, 9.17) is 0 Å². The molecule has 0 aromatic carbocycles. The molecule has 0 amide bonds. The summed E-state index contributed by atoms with van der Waals surface area (Å²) < 4.78 is 0. The average molecular weight is 238 g/mol. The third kappa shape index (κ3) is 3.69. The van der Waals surface area contributed by atoms with Crippen molar-refractivity contribution in [1.29, 1.82) is 0 Å². The van der Waals surface area contributed by atoms with Crippen LogP contribution in [0.2, 0.25) is 0 Å². The molecule has 1 aliphatic heterocycles. The molecule has 2 nitrogen and oxygen atoms in total. The van der Waals surface area contributed by atoms with Crippen LogP contribution in [-0.4, -0.2) is 37.1 Å². The predicted octanol–water partition coefficient (Wildman–Crippen LogP) is 2.89. The molecule has 100 valence electrons. The molecular weight excluding hydrogens is 208 g/mol. The number of piperidine rings is 1. The van der Waals surface area contributed by atoms with Crippen LogP contribution in [0.1, 0.15) is 52.4 Å². The van der Waals surface area contributed by atoms with E-state index >= 15 is 0 Å². The van der Waals surface area contributed by atoms with E-state index in [0.717, 1.165) is 23.9 Å². The molecule has 1 saturated carbocycles. The van der Waals surface area contributed by atoms with Crippen molar-refractivity contribution in [3.63, 3.8) is 0 Å². The Labute approximate surface area is 107 Å². The standard InChI is InChI=1S/C15H30N2/c1-12-7-8-13(2)15(10-12)17(3)11-14-6-4-5-9-16-14/h12-16H,4-11H2,1-3H3. The first kappa shape index (κ1) is 13.4. The van der Waals surface area contributed by atoms with Crippen LogP contribution in [0, 0.1) is 11.8 Å². The molecule has 2 heteroatoms. The van der Waals surface area contributed by atoms with Crippen LogP contribution in [0.15, 0.2) is 0 Å². The lowest BCUT2D eigenvalue weighted by molar-refractivity contribution is 0.101. The number of hydrogen-bond acceptors (Lipinski definition) is 2. The van der Waals surface area contributed by atoms with Gasteiger partial charge in [0.25, 0.3) is 0 Å². The summed E-state index contributed by atoms with van der Waals surface area (Å²) in [6.45, 7) is 7.35. The zero-order chi connectivity index (χ0) is 12.3. The summed E-state index contributed by atoms with van der Waals surface area (Å²) in [7, 11) is 2.34. The summed E-state index contributed by atoms with van der Waals surface area (Å²) in [5.74, 6) is 1.82. The second-order valence-electron chi connectivity index (χ2n) is 6.55. The maximum Gasteiger partial charge on any atom is 0.0195 e. The van der Waals surface area contributed by atoms with Crippen LogP contribution in [0.25, 0.3) is 0 Å². The SMILES string of the molecule is CC1CCC(C)C(N(C)CC2CCCCN2)C1. The van der Waals surface area contributed by atoms with E-state index in [1.54, 1.807) is 0 Å². The van der Waals surface area contributed by atoms with Crippen LogP contribution in [-0.2, 0) is 0 Å². The first-order chi connectivity index (χ1) is 8.16. The van der Waals surface area contributed by atoms with Gasteiger partial charge in [-0.25, -0.2) is 0 Å². The Morgan fingerprint density at radius 2 is 1.94 bits per heavy atom. The third-order valence-electron chi connectivity index (χ3n) is 4.90. The van der Waals surface area contributed by atoms with Gasteiger partial charge in [0.1, 0.15) is 0 Å². The summed E-state index contributed by atoms with van der Waals surface area (Å²) in [5.41, 5.74) is 0.